The van der Waals surface area contributed by atoms with Gasteiger partial charge in [-0.25, -0.2) is 0 Å². The van der Waals surface area contributed by atoms with Crippen molar-refractivity contribution in [2.75, 3.05) is 37.6 Å². The summed E-state index contributed by atoms with van der Waals surface area (Å²) in [5.41, 5.74) is 11.6. The Morgan fingerprint density at radius 3 is 2.43 bits per heavy atom. The largest absolute Gasteiger partial charge is 0.368 e. The molecule has 2 aromatic heterocycles. The molecule has 0 unspecified atom stereocenters. The van der Waals surface area contributed by atoms with Crippen molar-refractivity contribution >= 4 is 40.2 Å². The monoisotopic (exact) mass is 597 g/mol. The second kappa shape index (κ2) is 11.7. The second-order valence-corrected chi connectivity index (χ2v) is 12.2. The number of fused-ring (bicyclic) bond motifs is 3. The average Bonchev–Trinajstić information content (AvgIpc) is 3.48. The first-order valence-electron chi connectivity index (χ1n) is 14.0. The van der Waals surface area contributed by atoms with Crippen LogP contribution in [-0.2, 0) is 4.79 Å². The third kappa shape index (κ3) is 5.34. The molecule has 2 aliphatic rings. The normalized spacial score (nSPS) is 16.2. The molecule has 2 N–H and O–H groups in total. The Balaban J connectivity index is 1.25. The van der Waals surface area contributed by atoms with E-state index in [0.29, 0.717) is 30.5 Å². The Labute approximate surface area is 254 Å². The molecule has 0 saturated carbocycles. The maximum absolute atomic E-state index is 13.7. The standard InChI is InChI=1S/C32H32ClN7OS/c1-20-21(2)42-32-29(20)30(24-8-10-25(33)11-9-24)35-27(31-37-36-22(3)40(31)32)19-28(41)39-17-15-38(16-18-39)26-12-6-23(7-13-26)5-4-14-34/h6-13,27H,14-19,34H2,1-3H3/t27-/m0/s1. The molecule has 1 atom stereocenters. The minimum Gasteiger partial charge on any atom is -0.368 e. The third-order valence-corrected chi connectivity index (χ3v) is 9.37. The van der Waals surface area contributed by atoms with Gasteiger partial charge in [0.1, 0.15) is 16.9 Å². The van der Waals surface area contributed by atoms with Crippen molar-refractivity contribution in [3.05, 3.63) is 92.3 Å². The molecule has 2 aromatic carbocycles. The number of amides is 1. The Morgan fingerprint density at radius 1 is 1.02 bits per heavy atom. The van der Waals surface area contributed by atoms with Crippen LogP contribution in [0.15, 0.2) is 53.5 Å². The molecule has 0 radical (unpaired) electrons. The number of benzene rings is 2. The molecule has 4 heterocycles. The molecule has 8 nitrogen and oxygen atoms in total. The number of carbonyl (C=O) groups is 1. The predicted octanol–water partition coefficient (Wildman–Crippen LogP) is 4.85. The molecule has 6 rings (SSSR count). The van der Waals surface area contributed by atoms with Crippen molar-refractivity contribution in [1.82, 2.24) is 19.7 Å². The maximum Gasteiger partial charge on any atom is 0.225 e. The highest BCUT2D eigenvalue weighted by Gasteiger charge is 2.33. The summed E-state index contributed by atoms with van der Waals surface area (Å²) in [7, 11) is 0. The number of piperazine rings is 1. The molecule has 42 heavy (non-hydrogen) atoms. The van der Waals surface area contributed by atoms with Gasteiger partial charge in [-0.3, -0.25) is 14.4 Å². The van der Waals surface area contributed by atoms with Gasteiger partial charge in [-0.15, -0.1) is 21.5 Å². The van der Waals surface area contributed by atoms with Crippen molar-refractivity contribution in [3.8, 4) is 16.8 Å². The Kier molecular flexibility index (Phi) is 7.86. The minimum atomic E-state index is -0.469. The van der Waals surface area contributed by atoms with E-state index in [4.69, 9.17) is 22.3 Å². The van der Waals surface area contributed by atoms with Crippen molar-refractivity contribution in [2.24, 2.45) is 10.7 Å². The molecular weight excluding hydrogens is 566 g/mol. The van der Waals surface area contributed by atoms with Gasteiger partial charge < -0.3 is 15.5 Å². The smallest absolute Gasteiger partial charge is 0.225 e. The van der Waals surface area contributed by atoms with Crippen LogP contribution in [0.4, 0.5) is 5.69 Å². The van der Waals surface area contributed by atoms with E-state index in [1.54, 1.807) is 11.3 Å². The molecule has 1 amide bonds. The van der Waals surface area contributed by atoms with Crippen LogP contribution >= 0.6 is 22.9 Å². The summed E-state index contributed by atoms with van der Waals surface area (Å²) >= 11 is 7.94. The Hall–Kier alpha value is -3.97. The van der Waals surface area contributed by atoms with Crippen LogP contribution in [0.5, 0.6) is 0 Å². The molecule has 10 heteroatoms. The first kappa shape index (κ1) is 28.2. The molecule has 1 saturated heterocycles. The zero-order valence-corrected chi connectivity index (χ0v) is 25.5. The quantitative estimate of drug-likeness (QED) is 0.340. The maximum atomic E-state index is 13.7. The lowest BCUT2D eigenvalue weighted by Crippen LogP contribution is -2.49. The first-order chi connectivity index (χ1) is 20.3. The summed E-state index contributed by atoms with van der Waals surface area (Å²) < 4.78 is 2.09. The highest BCUT2D eigenvalue weighted by atomic mass is 35.5. The lowest BCUT2D eigenvalue weighted by molar-refractivity contribution is -0.131. The average molecular weight is 598 g/mol. The number of anilines is 1. The van der Waals surface area contributed by atoms with Gasteiger partial charge >= 0.3 is 0 Å². The van der Waals surface area contributed by atoms with E-state index in [9.17, 15) is 4.79 Å². The number of thiophene rings is 1. The summed E-state index contributed by atoms with van der Waals surface area (Å²) in [6.45, 7) is 9.35. The molecule has 0 spiro atoms. The Morgan fingerprint density at radius 2 is 1.74 bits per heavy atom. The highest BCUT2D eigenvalue weighted by molar-refractivity contribution is 7.15. The van der Waals surface area contributed by atoms with Crippen LogP contribution in [0.2, 0.25) is 5.02 Å². The fourth-order valence-corrected chi connectivity index (χ4v) is 6.89. The minimum absolute atomic E-state index is 0.0663. The van der Waals surface area contributed by atoms with Crippen LogP contribution in [0.3, 0.4) is 0 Å². The van der Waals surface area contributed by atoms with E-state index in [-0.39, 0.29) is 12.3 Å². The van der Waals surface area contributed by atoms with Crippen LogP contribution in [0, 0.1) is 32.6 Å². The van der Waals surface area contributed by atoms with Gasteiger partial charge in [0, 0.05) is 58.5 Å². The van der Waals surface area contributed by atoms with Gasteiger partial charge in [0.2, 0.25) is 5.91 Å². The van der Waals surface area contributed by atoms with Crippen molar-refractivity contribution in [1.29, 1.82) is 0 Å². The fraction of sp³-hybridized carbons (Fsp3) is 0.312. The number of nitrogens with zero attached hydrogens (tertiary/aromatic N) is 6. The topological polar surface area (TPSA) is 92.6 Å². The number of halogens is 1. The van der Waals surface area contributed by atoms with Crippen molar-refractivity contribution in [2.45, 2.75) is 33.2 Å². The van der Waals surface area contributed by atoms with Gasteiger partial charge in [-0.05, 0) is 62.7 Å². The van der Waals surface area contributed by atoms with Gasteiger partial charge in [0.25, 0.3) is 0 Å². The Bertz CT molecular complexity index is 1720. The number of hydrogen-bond donors (Lipinski definition) is 1. The third-order valence-electron chi connectivity index (χ3n) is 7.92. The van der Waals surface area contributed by atoms with E-state index >= 15 is 0 Å². The van der Waals surface area contributed by atoms with Crippen molar-refractivity contribution < 1.29 is 4.79 Å². The number of aromatic nitrogens is 3. The van der Waals surface area contributed by atoms with E-state index in [1.165, 1.54) is 10.4 Å². The van der Waals surface area contributed by atoms with Crippen molar-refractivity contribution in [3.63, 3.8) is 0 Å². The van der Waals surface area contributed by atoms with E-state index < -0.39 is 6.04 Å². The molecule has 0 bridgehead atoms. The summed E-state index contributed by atoms with van der Waals surface area (Å²) in [5, 5.41) is 10.7. The van der Waals surface area contributed by atoms with Crippen LogP contribution in [0.25, 0.3) is 5.00 Å². The molecular formula is C32H32ClN7OS. The van der Waals surface area contributed by atoms with Gasteiger partial charge in [0.15, 0.2) is 5.82 Å². The van der Waals surface area contributed by atoms with Gasteiger partial charge in [-0.1, -0.05) is 35.6 Å². The van der Waals surface area contributed by atoms with Crippen LogP contribution < -0.4 is 10.6 Å². The zero-order chi connectivity index (χ0) is 29.4. The molecule has 2 aliphatic heterocycles. The summed E-state index contributed by atoms with van der Waals surface area (Å²) in [4.78, 5) is 24.5. The molecule has 1 fully saturated rings. The number of carbonyl (C=O) groups excluding carboxylic acids is 1. The number of aryl methyl sites for hydroxylation is 2. The first-order valence-corrected chi connectivity index (χ1v) is 15.2. The van der Waals surface area contributed by atoms with Gasteiger partial charge in [0.05, 0.1) is 18.7 Å². The number of aliphatic imine (C=N–C) groups is 1. The molecule has 0 aliphatic carbocycles. The summed E-state index contributed by atoms with van der Waals surface area (Å²) in [6, 6.07) is 15.5. The summed E-state index contributed by atoms with van der Waals surface area (Å²) in [5.74, 6) is 7.49. The SMILES string of the molecule is Cc1sc2c(c1C)C(c1ccc(Cl)cc1)=N[C@@H](CC(=O)N1CCN(c3ccc(C#CCN)cc3)CC1)c1nnc(C)n1-2. The number of nitrogens with two attached hydrogens (primary N) is 1. The van der Waals surface area contributed by atoms with E-state index in [0.717, 1.165) is 52.0 Å². The lowest BCUT2D eigenvalue weighted by atomic mass is 9.99. The lowest BCUT2D eigenvalue weighted by Gasteiger charge is -2.36. The zero-order valence-electron chi connectivity index (χ0n) is 23.9. The fourth-order valence-electron chi connectivity index (χ4n) is 5.55. The second-order valence-electron chi connectivity index (χ2n) is 10.5. The van der Waals surface area contributed by atoms with E-state index in [2.05, 4.69) is 57.5 Å². The number of hydrogen-bond acceptors (Lipinski definition) is 7. The summed E-state index contributed by atoms with van der Waals surface area (Å²) in [6.07, 6.45) is 0.219. The predicted molar refractivity (Wildman–Crippen MR) is 169 cm³/mol. The van der Waals surface area contributed by atoms with Crippen LogP contribution in [0.1, 0.15) is 51.2 Å². The molecule has 214 valence electrons. The number of rotatable bonds is 4. The highest BCUT2D eigenvalue weighted by Crippen LogP contribution is 2.39. The van der Waals surface area contributed by atoms with Gasteiger partial charge in [-0.2, -0.15) is 0 Å². The van der Waals surface area contributed by atoms with Crippen LogP contribution in [-0.4, -0.2) is 64.0 Å². The molecule has 4 aromatic rings. The van der Waals surface area contributed by atoms with E-state index in [1.807, 2.05) is 48.2 Å².